The van der Waals surface area contributed by atoms with Crippen molar-refractivity contribution in [2.24, 2.45) is 0 Å². The first-order valence-corrected chi connectivity index (χ1v) is 4.34. The largest absolute Gasteiger partial charge is 0.318 e. The lowest BCUT2D eigenvalue weighted by atomic mass is 10.0. The second-order valence-electron chi connectivity index (χ2n) is 3.28. The summed E-state index contributed by atoms with van der Waals surface area (Å²) in [6.45, 7) is 1.12. The molecule has 78 valence electrons. The van der Waals surface area contributed by atoms with Crippen molar-refractivity contribution >= 4 is 17.4 Å². The maximum atomic E-state index is 13.3. The van der Waals surface area contributed by atoms with Gasteiger partial charge in [-0.05, 0) is 19.1 Å². The van der Waals surface area contributed by atoms with Crippen LogP contribution in [0, 0.1) is 5.82 Å². The molecule has 1 N–H and O–H groups in total. The molecule has 15 heavy (non-hydrogen) atoms. The summed E-state index contributed by atoms with van der Waals surface area (Å²) in [7, 11) is 0. The summed E-state index contributed by atoms with van der Waals surface area (Å²) in [5.74, 6) is -2.55. The zero-order valence-corrected chi connectivity index (χ0v) is 7.80. The van der Waals surface area contributed by atoms with Crippen molar-refractivity contribution in [3.63, 3.8) is 0 Å². The smallest absolute Gasteiger partial charge is 0.296 e. The summed E-state index contributed by atoms with van der Waals surface area (Å²) >= 11 is 0. The van der Waals surface area contributed by atoms with Crippen molar-refractivity contribution in [2.75, 3.05) is 5.32 Å². The van der Waals surface area contributed by atoms with Gasteiger partial charge in [0.15, 0.2) is 0 Å². The minimum Gasteiger partial charge on any atom is -0.318 e. The molecule has 0 fully saturated rings. The quantitative estimate of drug-likeness (QED) is 0.722. The monoisotopic (exact) mass is 211 g/mol. The van der Waals surface area contributed by atoms with E-state index in [2.05, 4.69) is 5.32 Å². The number of ketones is 1. The Morgan fingerprint density at radius 1 is 1.33 bits per heavy atom. The van der Waals surface area contributed by atoms with Gasteiger partial charge in [-0.3, -0.25) is 9.59 Å². The van der Waals surface area contributed by atoms with Gasteiger partial charge in [-0.15, -0.1) is 0 Å². The van der Waals surface area contributed by atoms with Gasteiger partial charge in [0.1, 0.15) is 12.0 Å². The zero-order valence-electron chi connectivity index (χ0n) is 7.80. The number of hydrogen-bond acceptors (Lipinski definition) is 2. The first-order valence-electron chi connectivity index (χ1n) is 4.34. The highest BCUT2D eigenvalue weighted by Crippen LogP contribution is 2.33. The molecule has 1 aromatic rings. The van der Waals surface area contributed by atoms with Crippen molar-refractivity contribution in [2.45, 2.75) is 13.1 Å². The summed E-state index contributed by atoms with van der Waals surface area (Å²) in [5, 5.41) is 2.25. The fourth-order valence-electron chi connectivity index (χ4n) is 1.62. The van der Waals surface area contributed by atoms with Crippen LogP contribution in [0.5, 0.6) is 0 Å². The molecule has 0 saturated heterocycles. The molecule has 3 nitrogen and oxygen atoms in total. The Labute approximate surface area is 84.1 Å². The molecule has 0 radical (unpaired) electrons. The molecule has 0 saturated carbocycles. The highest BCUT2D eigenvalue weighted by molar-refractivity contribution is 6.52. The number of hydrogen-bond donors (Lipinski definition) is 1. The van der Waals surface area contributed by atoms with E-state index in [4.69, 9.17) is 0 Å². The van der Waals surface area contributed by atoms with Crippen LogP contribution in [0.15, 0.2) is 12.1 Å². The molecule has 1 heterocycles. The van der Waals surface area contributed by atoms with Crippen molar-refractivity contribution in [3.8, 4) is 0 Å². The van der Waals surface area contributed by atoms with Crippen LogP contribution in [-0.4, -0.2) is 11.7 Å². The third-order valence-electron chi connectivity index (χ3n) is 2.27. The number of halogens is 2. The van der Waals surface area contributed by atoms with Gasteiger partial charge in [0.25, 0.3) is 11.7 Å². The van der Waals surface area contributed by atoms with Crippen LogP contribution in [0.1, 0.15) is 29.0 Å². The van der Waals surface area contributed by atoms with Crippen LogP contribution in [0.25, 0.3) is 0 Å². The van der Waals surface area contributed by atoms with Crippen LogP contribution in [0.3, 0.4) is 0 Å². The van der Waals surface area contributed by atoms with Crippen molar-refractivity contribution < 1.29 is 18.4 Å². The molecule has 1 aliphatic heterocycles. The number of rotatable bonds is 1. The lowest BCUT2D eigenvalue weighted by Gasteiger charge is -2.08. The van der Waals surface area contributed by atoms with Crippen LogP contribution < -0.4 is 5.32 Å². The molecule has 1 unspecified atom stereocenters. The third-order valence-corrected chi connectivity index (χ3v) is 2.27. The van der Waals surface area contributed by atoms with Gasteiger partial charge in [0.2, 0.25) is 0 Å². The Kier molecular flexibility index (Phi) is 2.03. The van der Waals surface area contributed by atoms with E-state index in [1.165, 1.54) is 6.07 Å². The van der Waals surface area contributed by atoms with Crippen LogP contribution in [0.4, 0.5) is 14.5 Å². The van der Waals surface area contributed by atoms with E-state index in [0.29, 0.717) is 0 Å². The summed E-state index contributed by atoms with van der Waals surface area (Å²) in [6.07, 6.45) is -1.63. The van der Waals surface area contributed by atoms with E-state index >= 15 is 0 Å². The molecule has 1 aliphatic rings. The van der Waals surface area contributed by atoms with Crippen LogP contribution >= 0.6 is 0 Å². The molecule has 1 amide bonds. The van der Waals surface area contributed by atoms with E-state index in [1.54, 1.807) is 0 Å². The number of anilines is 1. The van der Waals surface area contributed by atoms with E-state index in [9.17, 15) is 18.4 Å². The van der Waals surface area contributed by atoms with E-state index in [-0.39, 0.29) is 16.8 Å². The Bertz CT molecular complexity index is 469. The van der Waals surface area contributed by atoms with Crippen LogP contribution in [-0.2, 0) is 4.79 Å². The molecule has 5 heteroatoms. The van der Waals surface area contributed by atoms with E-state index in [1.807, 2.05) is 0 Å². The fourth-order valence-corrected chi connectivity index (χ4v) is 1.62. The van der Waals surface area contributed by atoms with Gasteiger partial charge >= 0.3 is 0 Å². The molecule has 1 aromatic carbocycles. The second kappa shape index (κ2) is 3.12. The van der Waals surface area contributed by atoms with E-state index < -0.39 is 23.7 Å². The molecule has 0 bridgehead atoms. The van der Waals surface area contributed by atoms with E-state index in [0.717, 1.165) is 13.0 Å². The average molecular weight is 211 g/mol. The predicted molar refractivity (Wildman–Crippen MR) is 48.9 cm³/mol. The molecular formula is C10H7F2NO2. The normalized spacial score (nSPS) is 16.2. The van der Waals surface area contributed by atoms with Crippen molar-refractivity contribution in [3.05, 3.63) is 29.1 Å². The van der Waals surface area contributed by atoms with Gasteiger partial charge in [-0.25, -0.2) is 8.78 Å². The summed E-state index contributed by atoms with van der Waals surface area (Å²) in [4.78, 5) is 22.3. The van der Waals surface area contributed by atoms with Gasteiger partial charge in [0, 0.05) is 5.56 Å². The van der Waals surface area contributed by atoms with Gasteiger partial charge in [-0.1, -0.05) is 0 Å². The number of benzene rings is 1. The zero-order chi connectivity index (χ0) is 11.2. The molecule has 0 aromatic heterocycles. The van der Waals surface area contributed by atoms with Crippen molar-refractivity contribution in [1.82, 2.24) is 0 Å². The molecule has 0 aliphatic carbocycles. The maximum Gasteiger partial charge on any atom is 0.296 e. The summed E-state index contributed by atoms with van der Waals surface area (Å²) in [5.41, 5.74) is -0.364. The number of Topliss-reactive ketones (excluding diaryl/α,β-unsaturated/α-hetero) is 1. The number of alkyl halides is 1. The fraction of sp³-hybridized carbons (Fsp3) is 0.200. The Balaban J connectivity index is 2.72. The van der Waals surface area contributed by atoms with Gasteiger partial charge in [0.05, 0.1) is 11.3 Å². The van der Waals surface area contributed by atoms with Gasteiger partial charge < -0.3 is 5.32 Å². The minimum absolute atomic E-state index is 0.172. The Morgan fingerprint density at radius 2 is 2.00 bits per heavy atom. The number of fused-ring (bicyclic) bond motifs is 1. The molecule has 0 spiro atoms. The lowest BCUT2D eigenvalue weighted by Crippen LogP contribution is -2.13. The lowest BCUT2D eigenvalue weighted by molar-refractivity contribution is -0.112. The first-order chi connectivity index (χ1) is 7.02. The average Bonchev–Trinajstić information content (AvgIpc) is 2.44. The molecule has 1 atom stereocenters. The maximum absolute atomic E-state index is 13.3. The highest BCUT2D eigenvalue weighted by atomic mass is 19.1. The predicted octanol–water partition coefficient (Wildman–Crippen LogP) is 1.99. The standard InChI is InChI=1S/C10H7F2NO2/c1-4(11)7-5(12)2-3-6-8(7)9(14)10(15)13-6/h2-4H,1H3,(H,13,14,15). The third kappa shape index (κ3) is 1.31. The number of carbonyl (C=O) groups excluding carboxylic acids is 2. The SMILES string of the molecule is CC(F)c1c(F)ccc2c1C(=O)C(=O)N2. The van der Waals surface area contributed by atoms with Crippen molar-refractivity contribution in [1.29, 1.82) is 0 Å². The molecular weight excluding hydrogens is 204 g/mol. The molecule has 2 rings (SSSR count). The second-order valence-corrected chi connectivity index (χ2v) is 3.28. The summed E-state index contributed by atoms with van der Waals surface area (Å²) < 4.78 is 26.4. The number of nitrogens with one attached hydrogen (secondary N) is 1. The highest BCUT2D eigenvalue weighted by Gasteiger charge is 2.33. The first kappa shape index (κ1) is 9.76. The minimum atomic E-state index is -1.63. The number of carbonyl (C=O) groups is 2. The van der Waals surface area contributed by atoms with Gasteiger partial charge in [-0.2, -0.15) is 0 Å². The number of amides is 1. The summed E-state index contributed by atoms with van der Waals surface area (Å²) in [6, 6.07) is 2.28. The topological polar surface area (TPSA) is 46.2 Å². The Morgan fingerprint density at radius 3 is 2.60 bits per heavy atom. The van der Waals surface area contributed by atoms with Crippen LogP contribution in [0.2, 0.25) is 0 Å². The Hall–Kier alpha value is -1.78.